The lowest BCUT2D eigenvalue weighted by molar-refractivity contribution is -0.131. The molecule has 0 atom stereocenters. The monoisotopic (exact) mass is 438 g/mol. The minimum absolute atomic E-state index is 0.0968. The highest BCUT2D eigenvalue weighted by Gasteiger charge is 2.25. The first-order valence-electron chi connectivity index (χ1n) is 9.81. The Bertz CT molecular complexity index is 1110. The van der Waals surface area contributed by atoms with Crippen molar-refractivity contribution in [3.8, 4) is 17.3 Å². The second kappa shape index (κ2) is 8.91. The predicted molar refractivity (Wildman–Crippen MR) is 117 cm³/mol. The fraction of sp³-hybridized carbons (Fsp3) is 0.261. The van der Waals surface area contributed by atoms with Crippen molar-refractivity contribution in [3.63, 3.8) is 0 Å². The van der Waals surface area contributed by atoms with Crippen molar-refractivity contribution in [1.82, 2.24) is 15.1 Å². The van der Waals surface area contributed by atoms with Gasteiger partial charge in [0.25, 0.3) is 0 Å². The van der Waals surface area contributed by atoms with Gasteiger partial charge in [0.1, 0.15) is 0 Å². The molecule has 3 aromatic rings. The van der Waals surface area contributed by atoms with Gasteiger partial charge in [-0.2, -0.15) is 10.4 Å². The van der Waals surface area contributed by atoms with Gasteiger partial charge in [-0.3, -0.25) is 9.89 Å². The number of aromatic nitrogens is 2. The first-order valence-corrected chi connectivity index (χ1v) is 10.6. The van der Waals surface area contributed by atoms with E-state index in [1.807, 2.05) is 35.2 Å². The highest BCUT2D eigenvalue weighted by atomic mass is 35.5. The van der Waals surface area contributed by atoms with Gasteiger partial charge in [-0.25, -0.2) is 0 Å². The Morgan fingerprint density at radius 1 is 1.17 bits per heavy atom. The second-order valence-corrected chi connectivity index (χ2v) is 8.24. The van der Waals surface area contributed by atoms with Crippen LogP contribution in [0.2, 0.25) is 10.0 Å². The van der Waals surface area contributed by atoms with Crippen molar-refractivity contribution >= 4 is 29.1 Å². The maximum atomic E-state index is 12.7. The Labute approximate surface area is 185 Å². The summed E-state index contributed by atoms with van der Waals surface area (Å²) < 4.78 is 0. The first kappa shape index (κ1) is 20.5. The van der Waals surface area contributed by atoms with Gasteiger partial charge >= 0.3 is 0 Å². The van der Waals surface area contributed by atoms with Gasteiger partial charge in [-0.1, -0.05) is 47.5 Å². The summed E-state index contributed by atoms with van der Waals surface area (Å²) in [6, 6.07) is 16.9. The molecule has 1 N–H and O–H groups in total. The number of halogens is 2. The summed E-state index contributed by atoms with van der Waals surface area (Å²) in [7, 11) is 0. The predicted octanol–water partition coefficient (Wildman–Crippen LogP) is 5.20. The number of nitriles is 1. The number of hydrogen-bond acceptors (Lipinski definition) is 3. The molecular weight excluding hydrogens is 419 g/mol. The number of H-pyrrole nitrogens is 1. The van der Waals surface area contributed by atoms with Crippen molar-refractivity contribution in [2.45, 2.75) is 25.2 Å². The van der Waals surface area contributed by atoms with Gasteiger partial charge in [-0.15, -0.1) is 0 Å². The van der Waals surface area contributed by atoms with Gasteiger partial charge in [-0.05, 0) is 42.7 Å². The summed E-state index contributed by atoms with van der Waals surface area (Å²) in [5.74, 6) is 0.412. The first-order chi connectivity index (χ1) is 14.5. The van der Waals surface area contributed by atoms with Crippen LogP contribution in [0.1, 0.15) is 35.6 Å². The molecule has 2 aromatic carbocycles. The van der Waals surface area contributed by atoms with Crippen LogP contribution in [0.25, 0.3) is 11.3 Å². The van der Waals surface area contributed by atoms with Crippen molar-refractivity contribution < 1.29 is 4.79 Å². The van der Waals surface area contributed by atoms with E-state index in [1.165, 1.54) is 0 Å². The average Bonchev–Trinajstić information content (AvgIpc) is 3.26. The van der Waals surface area contributed by atoms with Crippen molar-refractivity contribution in [2.24, 2.45) is 0 Å². The zero-order chi connectivity index (χ0) is 21.1. The Kier molecular flexibility index (Phi) is 6.08. The third-order valence-electron chi connectivity index (χ3n) is 5.52. The molecule has 0 saturated carbocycles. The molecule has 1 fully saturated rings. The van der Waals surface area contributed by atoms with Crippen LogP contribution in [0.4, 0.5) is 0 Å². The van der Waals surface area contributed by atoms with Crippen LogP contribution < -0.4 is 0 Å². The molecule has 1 aromatic heterocycles. The molecule has 30 heavy (non-hydrogen) atoms. The number of hydrogen-bond donors (Lipinski definition) is 1. The lowest BCUT2D eigenvalue weighted by Gasteiger charge is -2.31. The van der Waals surface area contributed by atoms with Crippen molar-refractivity contribution in [3.05, 3.63) is 75.4 Å². The van der Waals surface area contributed by atoms with E-state index >= 15 is 0 Å². The van der Waals surface area contributed by atoms with E-state index in [-0.39, 0.29) is 5.91 Å². The second-order valence-electron chi connectivity index (χ2n) is 7.45. The standard InChI is InChI=1S/C23H20Cl2N4O/c24-19-6-2-5-18(23(19)25)21-13-20(27-28-21)17-7-9-29(10-8-17)22(30)12-15-3-1-4-16(11-15)14-26/h1-6,11,13,17H,7-10,12H2,(H,27,28). The van der Waals surface area contributed by atoms with Crippen LogP contribution >= 0.6 is 23.2 Å². The highest BCUT2D eigenvalue weighted by molar-refractivity contribution is 6.43. The quantitative estimate of drug-likeness (QED) is 0.607. The minimum atomic E-state index is 0.0968. The van der Waals surface area contributed by atoms with E-state index in [2.05, 4.69) is 16.3 Å². The zero-order valence-electron chi connectivity index (χ0n) is 16.2. The lowest BCUT2D eigenvalue weighted by Crippen LogP contribution is -2.38. The van der Waals surface area contributed by atoms with E-state index in [9.17, 15) is 4.79 Å². The van der Waals surface area contributed by atoms with Gasteiger partial charge in [0.2, 0.25) is 5.91 Å². The number of nitrogens with zero attached hydrogens (tertiary/aromatic N) is 3. The molecule has 0 radical (unpaired) electrons. The number of carbonyl (C=O) groups is 1. The maximum absolute atomic E-state index is 12.7. The molecular formula is C23H20Cl2N4O. The molecule has 152 valence electrons. The van der Waals surface area contributed by atoms with Crippen LogP contribution in [0.3, 0.4) is 0 Å². The van der Waals surface area contributed by atoms with Gasteiger partial charge in [0.05, 0.1) is 33.8 Å². The largest absolute Gasteiger partial charge is 0.342 e. The number of likely N-dealkylation sites (tertiary alicyclic amines) is 1. The fourth-order valence-corrected chi connectivity index (χ4v) is 4.26. The van der Waals surface area contributed by atoms with Crippen LogP contribution in [-0.4, -0.2) is 34.1 Å². The molecule has 0 unspecified atom stereocenters. The van der Waals surface area contributed by atoms with Crippen molar-refractivity contribution in [2.75, 3.05) is 13.1 Å². The Morgan fingerprint density at radius 2 is 1.93 bits per heavy atom. The van der Waals surface area contributed by atoms with Crippen LogP contribution in [0.5, 0.6) is 0 Å². The number of nitrogens with one attached hydrogen (secondary N) is 1. The van der Waals surface area contributed by atoms with Gasteiger partial charge < -0.3 is 4.90 Å². The van der Waals surface area contributed by atoms with E-state index < -0.39 is 0 Å². The summed E-state index contributed by atoms with van der Waals surface area (Å²) in [6.07, 6.45) is 2.06. The van der Waals surface area contributed by atoms with Gasteiger partial charge in [0.15, 0.2) is 0 Å². The number of rotatable bonds is 4. The molecule has 1 aliphatic rings. The molecule has 5 nitrogen and oxygen atoms in total. The van der Waals surface area contributed by atoms with E-state index in [0.717, 1.165) is 35.4 Å². The highest BCUT2D eigenvalue weighted by Crippen LogP contribution is 2.35. The Hall–Kier alpha value is -2.81. The topological polar surface area (TPSA) is 72.8 Å². The molecule has 0 bridgehead atoms. The third kappa shape index (κ3) is 4.35. The summed E-state index contributed by atoms with van der Waals surface area (Å²) in [6.45, 7) is 1.40. The molecule has 4 rings (SSSR count). The van der Waals surface area contributed by atoms with Crippen LogP contribution in [-0.2, 0) is 11.2 Å². The molecule has 2 heterocycles. The summed E-state index contributed by atoms with van der Waals surface area (Å²) in [5.41, 5.74) is 4.08. The molecule has 1 amide bonds. The Morgan fingerprint density at radius 3 is 2.70 bits per heavy atom. The minimum Gasteiger partial charge on any atom is -0.342 e. The van der Waals surface area contributed by atoms with Crippen LogP contribution in [0.15, 0.2) is 48.5 Å². The number of aromatic amines is 1. The van der Waals surface area contributed by atoms with Crippen LogP contribution in [0, 0.1) is 11.3 Å². The lowest BCUT2D eigenvalue weighted by atomic mass is 9.92. The van der Waals surface area contributed by atoms with E-state index in [1.54, 1.807) is 18.2 Å². The summed E-state index contributed by atoms with van der Waals surface area (Å²) >= 11 is 12.4. The van der Waals surface area contributed by atoms with E-state index in [4.69, 9.17) is 28.5 Å². The Balaban J connectivity index is 1.38. The van der Waals surface area contributed by atoms with E-state index in [0.29, 0.717) is 41.0 Å². The number of carbonyl (C=O) groups excluding carboxylic acids is 1. The van der Waals surface area contributed by atoms with Crippen molar-refractivity contribution in [1.29, 1.82) is 5.26 Å². The number of piperidine rings is 1. The average molecular weight is 439 g/mol. The SMILES string of the molecule is N#Cc1cccc(CC(=O)N2CCC(c3cc(-c4cccc(Cl)c4Cl)n[nH]3)CC2)c1. The molecule has 1 saturated heterocycles. The maximum Gasteiger partial charge on any atom is 0.226 e. The van der Waals surface area contributed by atoms with Gasteiger partial charge in [0, 0.05) is 30.3 Å². The fourth-order valence-electron chi connectivity index (χ4n) is 3.86. The molecule has 1 aliphatic heterocycles. The summed E-state index contributed by atoms with van der Waals surface area (Å²) in [4.78, 5) is 14.6. The molecule has 0 aliphatic carbocycles. The normalized spacial score (nSPS) is 14.5. The smallest absolute Gasteiger partial charge is 0.226 e. The molecule has 7 heteroatoms. The molecule has 0 spiro atoms. The summed E-state index contributed by atoms with van der Waals surface area (Å²) in [5, 5.41) is 17.6. The number of benzene rings is 2. The number of amides is 1. The zero-order valence-corrected chi connectivity index (χ0v) is 17.7. The third-order valence-corrected chi connectivity index (χ3v) is 6.34.